The molecule has 3 rings (SSSR count). The summed E-state index contributed by atoms with van der Waals surface area (Å²) in [6.45, 7) is 0. The van der Waals surface area contributed by atoms with Gasteiger partial charge in [-0.05, 0) is 24.6 Å². The second-order valence-electron chi connectivity index (χ2n) is 6.73. The fourth-order valence-corrected chi connectivity index (χ4v) is 4.85. The van der Waals surface area contributed by atoms with Gasteiger partial charge in [-0.25, -0.2) is 13.8 Å². The summed E-state index contributed by atoms with van der Waals surface area (Å²) in [6.07, 6.45) is 1.57. The largest absolute Gasteiger partial charge is 0.339 e. The van der Waals surface area contributed by atoms with Crippen molar-refractivity contribution < 1.29 is 18.1 Å². The van der Waals surface area contributed by atoms with E-state index < -0.39 is 26.6 Å². The zero-order valence-corrected chi connectivity index (χ0v) is 16.5. The van der Waals surface area contributed by atoms with E-state index in [1.165, 1.54) is 12.3 Å². The maximum absolute atomic E-state index is 12.0. The molecular formula is C19H20N4O5S. The Kier molecular flexibility index (Phi) is 5.92. The molecule has 1 atom stereocenters. The van der Waals surface area contributed by atoms with Gasteiger partial charge in [0.05, 0.1) is 28.6 Å². The minimum absolute atomic E-state index is 0.00259. The van der Waals surface area contributed by atoms with Crippen LogP contribution in [0.1, 0.15) is 12.0 Å². The molecule has 10 heteroatoms. The molecule has 2 aromatic carbocycles. The zero-order chi connectivity index (χ0) is 21.0. The van der Waals surface area contributed by atoms with Crippen LogP contribution >= 0.6 is 0 Å². The Hall–Kier alpha value is -3.27. The van der Waals surface area contributed by atoms with Crippen molar-refractivity contribution in [2.75, 3.05) is 23.5 Å². The Morgan fingerprint density at radius 3 is 2.62 bits per heavy atom. The van der Waals surface area contributed by atoms with Crippen LogP contribution in [0, 0.1) is 16.0 Å². The predicted molar refractivity (Wildman–Crippen MR) is 110 cm³/mol. The lowest BCUT2D eigenvalue weighted by atomic mass is 10.1. The maximum atomic E-state index is 12.0. The van der Waals surface area contributed by atoms with Crippen molar-refractivity contribution in [1.82, 2.24) is 5.43 Å². The third kappa shape index (κ3) is 4.96. The summed E-state index contributed by atoms with van der Waals surface area (Å²) in [6, 6.07) is 13.9. The average molecular weight is 416 g/mol. The molecule has 1 fully saturated rings. The Labute approximate surface area is 168 Å². The van der Waals surface area contributed by atoms with Crippen molar-refractivity contribution in [3.05, 3.63) is 64.2 Å². The third-order valence-corrected chi connectivity index (χ3v) is 6.46. The van der Waals surface area contributed by atoms with Gasteiger partial charge in [0.15, 0.2) is 9.84 Å². The summed E-state index contributed by atoms with van der Waals surface area (Å²) in [4.78, 5) is 24.8. The summed E-state index contributed by atoms with van der Waals surface area (Å²) >= 11 is 0. The fraction of sp³-hybridized carbons (Fsp3) is 0.263. The number of hydrogen-bond donors (Lipinski definition) is 1. The predicted octanol–water partition coefficient (Wildman–Crippen LogP) is 2.25. The number of hydrazone groups is 1. The molecule has 1 heterocycles. The molecular weight excluding hydrogens is 396 g/mol. The molecule has 0 aromatic heterocycles. The fourth-order valence-electron chi connectivity index (χ4n) is 3.10. The van der Waals surface area contributed by atoms with E-state index in [1.54, 1.807) is 24.1 Å². The van der Waals surface area contributed by atoms with E-state index in [-0.39, 0.29) is 23.6 Å². The van der Waals surface area contributed by atoms with Crippen molar-refractivity contribution in [3.8, 4) is 0 Å². The molecule has 152 valence electrons. The summed E-state index contributed by atoms with van der Waals surface area (Å²) < 4.78 is 22.9. The van der Waals surface area contributed by atoms with Gasteiger partial charge in [-0.3, -0.25) is 14.9 Å². The SMILES string of the molecule is CN(c1ccccc1)c1ccc(/C=N\NC(=O)[C@H]2CCS(=O)(=O)C2)cc1[N+](=O)[O-]. The number of nitro groups is 1. The van der Waals surface area contributed by atoms with Crippen molar-refractivity contribution in [2.24, 2.45) is 11.0 Å². The molecule has 29 heavy (non-hydrogen) atoms. The molecule has 9 nitrogen and oxygen atoms in total. The third-order valence-electron chi connectivity index (χ3n) is 4.69. The van der Waals surface area contributed by atoms with Gasteiger partial charge in [0.1, 0.15) is 5.69 Å². The van der Waals surface area contributed by atoms with Crippen LogP contribution in [-0.2, 0) is 14.6 Å². The van der Waals surface area contributed by atoms with Crippen molar-refractivity contribution in [3.63, 3.8) is 0 Å². The molecule has 1 N–H and O–H groups in total. The van der Waals surface area contributed by atoms with E-state index in [2.05, 4.69) is 10.5 Å². The zero-order valence-electron chi connectivity index (χ0n) is 15.7. The Morgan fingerprint density at radius 2 is 2.00 bits per heavy atom. The molecule has 1 aliphatic rings. The summed E-state index contributed by atoms with van der Waals surface area (Å²) in [7, 11) is -1.42. The number of nitrogens with zero attached hydrogens (tertiary/aromatic N) is 3. The first-order valence-corrected chi connectivity index (χ1v) is 10.7. The molecule has 1 saturated heterocycles. The van der Waals surface area contributed by atoms with Crippen LogP contribution in [0.15, 0.2) is 53.6 Å². The number of rotatable bonds is 6. The lowest BCUT2D eigenvalue weighted by molar-refractivity contribution is -0.384. The van der Waals surface area contributed by atoms with Crippen molar-refractivity contribution in [2.45, 2.75) is 6.42 Å². The molecule has 1 amide bonds. The van der Waals surface area contributed by atoms with E-state index in [1.807, 2.05) is 30.3 Å². The van der Waals surface area contributed by atoms with Gasteiger partial charge in [0.25, 0.3) is 5.69 Å². The van der Waals surface area contributed by atoms with Crippen molar-refractivity contribution >= 4 is 39.0 Å². The highest BCUT2D eigenvalue weighted by molar-refractivity contribution is 7.91. The number of hydrogen-bond acceptors (Lipinski definition) is 7. The highest BCUT2D eigenvalue weighted by Crippen LogP contribution is 2.32. The Bertz CT molecular complexity index is 1050. The summed E-state index contributed by atoms with van der Waals surface area (Å²) in [5, 5.41) is 15.3. The second kappa shape index (κ2) is 8.39. The first-order valence-electron chi connectivity index (χ1n) is 8.87. The van der Waals surface area contributed by atoms with Crippen LogP contribution in [0.2, 0.25) is 0 Å². The van der Waals surface area contributed by atoms with Gasteiger partial charge in [0.2, 0.25) is 5.91 Å². The monoisotopic (exact) mass is 416 g/mol. The molecule has 0 aliphatic carbocycles. The highest BCUT2D eigenvalue weighted by atomic mass is 32.2. The number of carbonyl (C=O) groups is 1. The number of nitrogens with one attached hydrogen (secondary N) is 1. The topological polar surface area (TPSA) is 122 Å². The second-order valence-corrected chi connectivity index (χ2v) is 8.96. The highest BCUT2D eigenvalue weighted by Gasteiger charge is 2.32. The van der Waals surface area contributed by atoms with Crippen LogP contribution in [-0.4, -0.2) is 44.0 Å². The number of sulfone groups is 1. The summed E-state index contributed by atoms with van der Waals surface area (Å²) in [5.74, 6) is -1.27. The van der Waals surface area contributed by atoms with Gasteiger partial charge in [-0.2, -0.15) is 5.10 Å². The number of anilines is 2. The van der Waals surface area contributed by atoms with E-state index in [9.17, 15) is 23.3 Å². The lowest BCUT2D eigenvalue weighted by Gasteiger charge is -2.19. The maximum Gasteiger partial charge on any atom is 0.293 e. The normalized spacial score (nSPS) is 17.9. The van der Waals surface area contributed by atoms with Crippen molar-refractivity contribution in [1.29, 1.82) is 0 Å². The number of nitro benzene ring substituents is 1. The lowest BCUT2D eigenvalue weighted by Crippen LogP contribution is -2.27. The minimum Gasteiger partial charge on any atom is -0.339 e. The molecule has 0 bridgehead atoms. The number of para-hydroxylation sites is 1. The molecule has 0 radical (unpaired) electrons. The standard InChI is InChI=1S/C19H20N4O5S/c1-22(16-5-3-2-4-6-16)17-8-7-14(11-18(17)23(25)26)12-20-21-19(24)15-9-10-29(27,28)13-15/h2-8,11-12,15H,9-10,13H2,1H3,(H,21,24)/b20-12-/t15-/m0/s1. The van der Waals surface area contributed by atoms with Crippen LogP contribution < -0.4 is 10.3 Å². The smallest absolute Gasteiger partial charge is 0.293 e. The van der Waals surface area contributed by atoms with E-state index in [4.69, 9.17) is 0 Å². The Morgan fingerprint density at radius 1 is 1.28 bits per heavy atom. The molecule has 1 aliphatic heterocycles. The molecule has 0 saturated carbocycles. The van der Waals surface area contributed by atoms with Gasteiger partial charge in [-0.1, -0.05) is 24.3 Å². The van der Waals surface area contributed by atoms with Crippen LogP contribution in [0.5, 0.6) is 0 Å². The van der Waals surface area contributed by atoms with Gasteiger partial charge < -0.3 is 4.90 Å². The van der Waals surface area contributed by atoms with Crippen LogP contribution in [0.25, 0.3) is 0 Å². The van der Waals surface area contributed by atoms with Gasteiger partial charge >= 0.3 is 0 Å². The number of benzene rings is 2. The quantitative estimate of drug-likeness (QED) is 0.438. The van der Waals surface area contributed by atoms with E-state index in [0.717, 1.165) is 5.69 Å². The minimum atomic E-state index is -3.16. The summed E-state index contributed by atoms with van der Waals surface area (Å²) in [5.41, 5.74) is 3.85. The van der Waals surface area contributed by atoms with E-state index in [0.29, 0.717) is 11.3 Å². The van der Waals surface area contributed by atoms with E-state index >= 15 is 0 Å². The molecule has 0 unspecified atom stereocenters. The first-order chi connectivity index (χ1) is 13.8. The first kappa shape index (κ1) is 20.5. The van der Waals surface area contributed by atoms with Gasteiger partial charge in [-0.15, -0.1) is 0 Å². The van der Waals surface area contributed by atoms with Crippen LogP contribution in [0.3, 0.4) is 0 Å². The molecule has 0 spiro atoms. The van der Waals surface area contributed by atoms with Gasteiger partial charge in [0, 0.05) is 24.4 Å². The number of carbonyl (C=O) groups excluding carboxylic acids is 1. The average Bonchev–Trinajstić information content (AvgIpc) is 3.08. The molecule has 2 aromatic rings. The number of amides is 1. The Balaban J connectivity index is 1.74. The van der Waals surface area contributed by atoms with Crippen LogP contribution in [0.4, 0.5) is 17.1 Å².